The molecule has 0 saturated heterocycles. The Morgan fingerprint density at radius 2 is 1.79 bits per heavy atom. The van der Waals surface area contributed by atoms with Crippen molar-refractivity contribution >= 4 is 11.3 Å². The lowest BCUT2D eigenvalue weighted by atomic mass is 10.0. The molecule has 1 aromatic carbocycles. The van der Waals surface area contributed by atoms with Crippen molar-refractivity contribution in [1.29, 1.82) is 0 Å². The van der Waals surface area contributed by atoms with Crippen molar-refractivity contribution in [3.63, 3.8) is 0 Å². The van der Waals surface area contributed by atoms with Crippen LogP contribution in [0.15, 0.2) is 18.2 Å². The lowest BCUT2D eigenvalue weighted by molar-refractivity contribution is 0.520. The maximum atomic E-state index is 14.2. The summed E-state index contributed by atoms with van der Waals surface area (Å²) in [6.45, 7) is 5.67. The molecular weight excluding hydrogens is 264 g/mol. The molecule has 19 heavy (non-hydrogen) atoms. The molecule has 0 fully saturated rings. The highest BCUT2D eigenvalue weighted by atomic mass is 32.1. The van der Waals surface area contributed by atoms with Crippen molar-refractivity contribution in [1.82, 2.24) is 5.32 Å². The third kappa shape index (κ3) is 2.55. The monoisotopic (exact) mass is 281 g/mol. The second-order valence-electron chi connectivity index (χ2n) is 4.70. The number of hydrogen-bond acceptors (Lipinski definition) is 2. The normalized spacial score (nSPS) is 12.7. The molecule has 0 bridgehead atoms. The van der Waals surface area contributed by atoms with Crippen LogP contribution in [0.2, 0.25) is 0 Å². The van der Waals surface area contributed by atoms with Gasteiger partial charge in [-0.3, -0.25) is 0 Å². The van der Waals surface area contributed by atoms with E-state index in [9.17, 15) is 8.78 Å². The van der Waals surface area contributed by atoms with E-state index in [2.05, 4.69) is 5.32 Å². The summed E-state index contributed by atoms with van der Waals surface area (Å²) in [5.74, 6) is -0.978. The average Bonchev–Trinajstić information content (AvgIpc) is 2.70. The van der Waals surface area contributed by atoms with Gasteiger partial charge >= 0.3 is 0 Å². The van der Waals surface area contributed by atoms with Gasteiger partial charge < -0.3 is 5.32 Å². The zero-order valence-corrected chi connectivity index (χ0v) is 12.3. The summed E-state index contributed by atoms with van der Waals surface area (Å²) in [5.41, 5.74) is 1.71. The topological polar surface area (TPSA) is 12.0 Å². The Morgan fingerprint density at radius 3 is 2.32 bits per heavy atom. The van der Waals surface area contributed by atoms with Crippen LogP contribution in [0.4, 0.5) is 8.78 Å². The van der Waals surface area contributed by atoms with Crippen molar-refractivity contribution in [3.05, 3.63) is 56.3 Å². The third-order valence-electron chi connectivity index (χ3n) is 3.37. The Kier molecular flexibility index (Phi) is 4.02. The van der Waals surface area contributed by atoms with Gasteiger partial charge in [0.15, 0.2) is 0 Å². The molecule has 102 valence electrons. The van der Waals surface area contributed by atoms with Crippen LogP contribution in [-0.4, -0.2) is 7.05 Å². The van der Waals surface area contributed by atoms with Gasteiger partial charge in [-0.2, -0.15) is 0 Å². The number of aryl methyl sites for hydroxylation is 3. The van der Waals surface area contributed by atoms with Gasteiger partial charge in [0.05, 0.1) is 6.04 Å². The van der Waals surface area contributed by atoms with Crippen molar-refractivity contribution < 1.29 is 8.78 Å². The molecule has 1 heterocycles. The van der Waals surface area contributed by atoms with Crippen LogP contribution in [0, 0.1) is 32.4 Å². The Bertz CT molecular complexity index is 585. The minimum absolute atomic E-state index is 0.101. The van der Waals surface area contributed by atoms with Gasteiger partial charge in [-0.25, -0.2) is 8.78 Å². The molecular formula is C15H17F2NS. The zero-order chi connectivity index (χ0) is 14.2. The molecule has 1 nitrogen and oxygen atoms in total. The maximum absolute atomic E-state index is 14.2. The summed E-state index contributed by atoms with van der Waals surface area (Å²) in [6, 6.07) is 4.33. The molecule has 1 unspecified atom stereocenters. The largest absolute Gasteiger partial charge is 0.308 e. The lowest BCUT2D eigenvalue weighted by Crippen LogP contribution is -2.20. The molecule has 1 aromatic heterocycles. The fourth-order valence-corrected chi connectivity index (χ4v) is 3.28. The second kappa shape index (κ2) is 5.39. The molecule has 1 atom stereocenters. The average molecular weight is 281 g/mol. The second-order valence-corrected chi connectivity index (χ2v) is 5.99. The number of hydrogen-bond donors (Lipinski definition) is 1. The Hall–Kier alpha value is -1.26. The number of benzene rings is 1. The summed E-state index contributed by atoms with van der Waals surface area (Å²) >= 11 is 1.57. The quantitative estimate of drug-likeness (QED) is 0.886. The highest BCUT2D eigenvalue weighted by molar-refractivity contribution is 7.12. The molecule has 4 heteroatoms. The Labute approximate surface area is 116 Å². The van der Waals surface area contributed by atoms with Crippen LogP contribution in [-0.2, 0) is 0 Å². The van der Waals surface area contributed by atoms with E-state index >= 15 is 0 Å². The first-order valence-electron chi connectivity index (χ1n) is 6.14. The number of rotatable bonds is 3. The van der Waals surface area contributed by atoms with Crippen molar-refractivity contribution in [2.45, 2.75) is 26.8 Å². The van der Waals surface area contributed by atoms with Gasteiger partial charge in [0.1, 0.15) is 11.6 Å². The lowest BCUT2D eigenvalue weighted by Gasteiger charge is -2.17. The summed E-state index contributed by atoms with van der Waals surface area (Å²) in [7, 11) is 1.72. The summed E-state index contributed by atoms with van der Waals surface area (Å²) in [5, 5.41) is 3.01. The molecule has 2 rings (SSSR count). The number of halogens is 2. The number of nitrogens with one attached hydrogen (secondary N) is 1. The van der Waals surface area contributed by atoms with Crippen LogP contribution in [0.5, 0.6) is 0 Å². The first-order chi connectivity index (χ1) is 8.95. The van der Waals surface area contributed by atoms with Crippen molar-refractivity contribution in [2.24, 2.45) is 0 Å². The Balaban J connectivity index is 2.57. The fraction of sp³-hybridized carbons (Fsp3) is 0.333. The van der Waals surface area contributed by atoms with Gasteiger partial charge in [-0.05, 0) is 51.1 Å². The van der Waals surface area contributed by atoms with E-state index in [-0.39, 0.29) is 5.56 Å². The molecule has 0 radical (unpaired) electrons. The van der Waals surface area contributed by atoms with E-state index in [0.29, 0.717) is 5.56 Å². The van der Waals surface area contributed by atoms with Crippen LogP contribution in [0.25, 0.3) is 0 Å². The smallest absolute Gasteiger partial charge is 0.134 e. The van der Waals surface area contributed by atoms with Crippen molar-refractivity contribution in [2.75, 3.05) is 7.05 Å². The van der Waals surface area contributed by atoms with Gasteiger partial charge in [0.2, 0.25) is 0 Å². The molecule has 0 aliphatic rings. The van der Waals surface area contributed by atoms with E-state index in [1.165, 1.54) is 17.0 Å². The zero-order valence-electron chi connectivity index (χ0n) is 11.5. The SMILES string of the molecule is CNC(c1cc(C)c(C)s1)c1c(F)ccc(C)c1F. The van der Waals surface area contributed by atoms with E-state index in [1.807, 2.05) is 19.9 Å². The molecule has 1 N–H and O–H groups in total. The van der Waals surface area contributed by atoms with Gasteiger partial charge in [-0.1, -0.05) is 6.07 Å². The first kappa shape index (κ1) is 14.2. The van der Waals surface area contributed by atoms with Gasteiger partial charge in [-0.15, -0.1) is 11.3 Å². The predicted octanol–water partition coefficient (Wildman–Crippen LogP) is 4.26. The first-order valence-corrected chi connectivity index (χ1v) is 6.96. The molecule has 0 aliphatic heterocycles. The van der Waals surface area contributed by atoms with E-state index in [0.717, 1.165) is 10.4 Å². The maximum Gasteiger partial charge on any atom is 0.134 e. The highest BCUT2D eigenvalue weighted by Crippen LogP contribution is 2.33. The minimum Gasteiger partial charge on any atom is -0.308 e. The standard InChI is InChI=1S/C15H17F2NS/c1-8-5-6-11(16)13(14(8)17)15(18-4)12-7-9(2)10(3)19-12/h5-7,15,18H,1-4H3. The molecule has 0 spiro atoms. The summed E-state index contributed by atoms with van der Waals surface area (Å²) in [4.78, 5) is 2.10. The van der Waals surface area contributed by atoms with E-state index in [4.69, 9.17) is 0 Å². The van der Waals surface area contributed by atoms with E-state index < -0.39 is 17.7 Å². The minimum atomic E-state index is -0.508. The van der Waals surface area contributed by atoms with Crippen molar-refractivity contribution in [3.8, 4) is 0 Å². The molecule has 0 amide bonds. The number of thiophene rings is 1. The molecule has 0 saturated carbocycles. The third-order valence-corrected chi connectivity index (χ3v) is 4.58. The van der Waals surface area contributed by atoms with E-state index in [1.54, 1.807) is 25.3 Å². The fourth-order valence-electron chi connectivity index (χ4n) is 2.12. The van der Waals surface area contributed by atoms with Crippen LogP contribution in [0.3, 0.4) is 0 Å². The predicted molar refractivity (Wildman–Crippen MR) is 75.8 cm³/mol. The summed E-state index contributed by atoms with van der Waals surface area (Å²) in [6.07, 6.45) is 0. The van der Waals surface area contributed by atoms with Crippen LogP contribution >= 0.6 is 11.3 Å². The summed E-state index contributed by atoms with van der Waals surface area (Å²) < 4.78 is 28.2. The van der Waals surface area contributed by atoms with Gasteiger partial charge in [0.25, 0.3) is 0 Å². The van der Waals surface area contributed by atoms with Gasteiger partial charge in [0, 0.05) is 15.3 Å². The van der Waals surface area contributed by atoms with Crippen LogP contribution in [0.1, 0.15) is 32.5 Å². The van der Waals surface area contributed by atoms with Crippen LogP contribution < -0.4 is 5.32 Å². The molecule has 2 aromatic rings. The Morgan fingerprint density at radius 1 is 1.11 bits per heavy atom. The molecule has 0 aliphatic carbocycles. The highest BCUT2D eigenvalue weighted by Gasteiger charge is 2.23.